The zero-order chi connectivity index (χ0) is 12.1. The minimum absolute atomic E-state index is 0.795. The molecule has 1 aliphatic rings. The van der Waals surface area contributed by atoms with Gasteiger partial charge in [0.1, 0.15) is 0 Å². The highest BCUT2D eigenvalue weighted by Gasteiger charge is 2.20. The summed E-state index contributed by atoms with van der Waals surface area (Å²) in [5.41, 5.74) is 2.86. The second-order valence-electron chi connectivity index (χ2n) is 4.97. The van der Waals surface area contributed by atoms with E-state index in [-0.39, 0.29) is 0 Å². The Morgan fingerprint density at radius 2 is 2.18 bits per heavy atom. The van der Waals surface area contributed by atoms with Crippen LogP contribution in [0.2, 0.25) is 0 Å². The SMILES string of the molecule is CCCCSc1ccc(C)cc1CNC1CC1. The van der Waals surface area contributed by atoms with Crippen molar-refractivity contribution in [1.29, 1.82) is 0 Å². The molecule has 0 bridgehead atoms. The first-order valence-electron chi connectivity index (χ1n) is 6.75. The molecule has 0 spiro atoms. The van der Waals surface area contributed by atoms with Crippen LogP contribution in [-0.4, -0.2) is 11.8 Å². The fourth-order valence-corrected chi connectivity index (χ4v) is 2.99. The average Bonchev–Trinajstić information content (AvgIpc) is 3.13. The van der Waals surface area contributed by atoms with Crippen LogP contribution in [0.5, 0.6) is 0 Å². The minimum Gasteiger partial charge on any atom is -0.310 e. The highest BCUT2D eigenvalue weighted by Crippen LogP contribution is 2.26. The highest BCUT2D eigenvalue weighted by molar-refractivity contribution is 7.99. The van der Waals surface area contributed by atoms with Crippen molar-refractivity contribution in [2.75, 3.05) is 5.75 Å². The quantitative estimate of drug-likeness (QED) is 0.576. The number of unbranched alkanes of at least 4 members (excludes halogenated alkanes) is 1. The summed E-state index contributed by atoms with van der Waals surface area (Å²) in [6.07, 6.45) is 5.33. The van der Waals surface area contributed by atoms with Crippen LogP contribution in [0.4, 0.5) is 0 Å². The van der Waals surface area contributed by atoms with E-state index in [9.17, 15) is 0 Å². The number of hydrogen-bond acceptors (Lipinski definition) is 2. The summed E-state index contributed by atoms with van der Waals surface area (Å²) in [5, 5.41) is 3.62. The summed E-state index contributed by atoms with van der Waals surface area (Å²) >= 11 is 2.01. The maximum absolute atomic E-state index is 3.62. The van der Waals surface area contributed by atoms with E-state index < -0.39 is 0 Å². The predicted molar refractivity (Wildman–Crippen MR) is 76.7 cm³/mol. The molecule has 0 heterocycles. The van der Waals surface area contributed by atoms with Gasteiger partial charge in [-0.15, -0.1) is 11.8 Å². The summed E-state index contributed by atoms with van der Waals surface area (Å²) in [7, 11) is 0. The van der Waals surface area contributed by atoms with Gasteiger partial charge in [0.05, 0.1) is 0 Å². The van der Waals surface area contributed by atoms with E-state index in [1.54, 1.807) is 0 Å². The van der Waals surface area contributed by atoms with E-state index in [4.69, 9.17) is 0 Å². The van der Waals surface area contributed by atoms with Gasteiger partial charge < -0.3 is 5.32 Å². The first-order chi connectivity index (χ1) is 8.29. The number of rotatable bonds is 7. The Bertz CT molecular complexity index is 358. The standard InChI is InChI=1S/C15H23NS/c1-3-4-9-17-15-8-5-12(2)10-13(15)11-16-14-6-7-14/h5,8,10,14,16H,3-4,6-7,9,11H2,1-2H3. The molecule has 2 rings (SSSR count). The van der Waals surface area contributed by atoms with E-state index in [1.165, 1.54) is 47.5 Å². The topological polar surface area (TPSA) is 12.0 Å². The average molecular weight is 249 g/mol. The van der Waals surface area contributed by atoms with Crippen LogP contribution < -0.4 is 5.32 Å². The number of benzene rings is 1. The van der Waals surface area contributed by atoms with Gasteiger partial charge in [0, 0.05) is 17.5 Å². The van der Waals surface area contributed by atoms with Gasteiger partial charge in [0.2, 0.25) is 0 Å². The van der Waals surface area contributed by atoms with E-state index >= 15 is 0 Å². The fourth-order valence-electron chi connectivity index (χ4n) is 1.86. The third-order valence-corrected chi connectivity index (χ3v) is 4.33. The second kappa shape index (κ2) is 6.46. The molecular formula is C15H23NS. The normalized spacial score (nSPS) is 15.2. The molecule has 94 valence electrons. The largest absolute Gasteiger partial charge is 0.310 e. The minimum atomic E-state index is 0.795. The lowest BCUT2D eigenvalue weighted by Gasteiger charge is -2.11. The third kappa shape index (κ3) is 4.36. The molecule has 0 aromatic heterocycles. The smallest absolute Gasteiger partial charge is 0.0219 e. The molecule has 0 atom stereocenters. The molecule has 0 saturated heterocycles. The lowest BCUT2D eigenvalue weighted by atomic mass is 10.1. The lowest BCUT2D eigenvalue weighted by Crippen LogP contribution is -2.15. The maximum atomic E-state index is 3.62. The molecule has 1 N–H and O–H groups in total. The van der Waals surface area contributed by atoms with Gasteiger partial charge in [-0.25, -0.2) is 0 Å². The van der Waals surface area contributed by atoms with Gasteiger partial charge in [0.25, 0.3) is 0 Å². The molecule has 2 heteroatoms. The van der Waals surface area contributed by atoms with Crippen molar-refractivity contribution in [2.45, 2.75) is 57.0 Å². The third-order valence-electron chi connectivity index (χ3n) is 3.13. The van der Waals surface area contributed by atoms with Crippen LogP contribution in [-0.2, 0) is 6.54 Å². The Labute approximate surface area is 109 Å². The second-order valence-corrected chi connectivity index (χ2v) is 6.11. The predicted octanol–water partition coefficient (Wildman–Crippen LogP) is 4.14. The summed E-state index contributed by atoms with van der Waals surface area (Å²) in [5.74, 6) is 1.25. The van der Waals surface area contributed by atoms with Crippen molar-refractivity contribution >= 4 is 11.8 Å². The van der Waals surface area contributed by atoms with E-state index in [1.807, 2.05) is 11.8 Å². The Morgan fingerprint density at radius 3 is 2.88 bits per heavy atom. The molecule has 0 radical (unpaired) electrons. The molecule has 17 heavy (non-hydrogen) atoms. The van der Waals surface area contributed by atoms with E-state index in [0.717, 1.165) is 12.6 Å². The van der Waals surface area contributed by atoms with Crippen LogP contribution >= 0.6 is 11.8 Å². The monoisotopic (exact) mass is 249 g/mol. The fraction of sp³-hybridized carbons (Fsp3) is 0.600. The first kappa shape index (κ1) is 13.0. The zero-order valence-corrected chi connectivity index (χ0v) is 11.8. The Balaban J connectivity index is 1.95. The van der Waals surface area contributed by atoms with Gasteiger partial charge in [-0.1, -0.05) is 31.0 Å². The van der Waals surface area contributed by atoms with Crippen molar-refractivity contribution in [3.63, 3.8) is 0 Å². The first-order valence-corrected chi connectivity index (χ1v) is 7.74. The molecule has 1 saturated carbocycles. The molecule has 1 aliphatic carbocycles. The number of nitrogens with one attached hydrogen (secondary N) is 1. The van der Waals surface area contributed by atoms with Crippen molar-refractivity contribution in [3.8, 4) is 0 Å². The van der Waals surface area contributed by atoms with Gasteiger partial charge >= 0.3 is 0 Å². The molecule has 1 aromatic rings. The Hall–Kier alpha value is -0.470. The van der Waals surface area contributed by atoms with Crippen molar-refractivity contribution in [2.24, 2.45) is 0 Å². The molecular weight excluding hydrogens is 226 g/mol. The Kier molecular flexibility index (Phi) is 4.93. The molecule has 1 nitrogen and oxygen atoms in total. The zero-order valence-electron chi connectivity index (χ0n) is 11.0. The number of hydrogen-bond donors (Lipinski definition) is 1. The van der Waals surface area contributed by atoms with Crippen LogP contribution in [0.15, 0.2) is 23.1 Å². The molecule has 0 aliphatic heterocycles. The summed E-state index contributed by atoms with van der Waals surface area (Å²) in [6.45, 7) is 5.48. The number of aryl methyl sites for hydroxylation is 1. The van der Waals surface area contributed by atoms with Gasteiger partial charge in [-0.2, -0.15) is 0 Å². The van der Waals surface area contributed by atoms with Crippen LogP contribution in [0, 0.1) is 6.92 Å². The molecule has 1 fully saturated rings. The van der Waals surface area contributed by atoms with E-state index in [2.05, 4.69) is 37.4 Å². The summed E-state index contributed by atoms with van der Waals surface area (Å²) < 4.78 is 0. The summed E-state index contributed by atoms with van der Waals surface area (Å²) in [4.78, 5) is 1.47. The molecule has 1 aromatic carbocycles. The summed E-state index contributed by atoms with van der Waals surface area (Å²) in [6, 6.07) is 7.65. The van der Waals surface area contributed by atoms with Gasteiger partial charge in [-0.05, 0) is 43.6 Å². The van der Waals surface area contributed by atoms with Crippen LogP contribution in [0.1, 0.15) is 43.7 Å². The van der Waals surface area contributed by atoms with Gasteiger partial charge in [0.15, 0.2) is 0 Å². The molecule has 0 unspecified atom stereocenters. The van der Waals surface area contributed by atoms with Crippen molar-refractivity contribution < 1.29 is 0 Å². The number of thioether (sulfide) groups is 1. The highest BCUT2D eigenvalue weighted by atomic mass is 32.2. The van der Waals surface area contributed by atoms with Crippen molar-refractivity contribution in [1.82, 2.24) is 5.32 Å². The molecule has 0 amide bonds. The maximum Gasteiger partial charge on any atom is 0.0219 e. The van der Waals surface area contributed by atoms with Gasteiger partial charge in [-0.3, -0.25) is 0 Å². The van der Waals surface area contributed by atoms with Crippen LogP contribution in [0.25, 0.3) is 0 Å². The Morgan fingerprint density at radius 1 is 1.35 bits per heavy atom. The van der Waals surface area contributed by atoms with Crippen LogP contribution in [0.3, 0.4) is 0 Å². The van der Waals surface area contributed by atoms with E-state index in [0.29, 0.717) is 0 Å². The lowest BCUT2D eigenvalue weighted by molar-refractivity contribution is 0.680. The van der Waals surface area contributed by atoms with Crippen molar-refractivity contribution in [3.05, 3.63) is 29.3 Å².